The molecule has 0 saturated heterocycles. The third kappa shape index (κ3) is 7.53. The fourth-order valence-corrected chi connectivity index (χ4v) is 2.30. The highest BCUT2D eigenvalue weighted by atomic mass is 16.5. The normalized spacial score (nSPS) is 12.8. The number of nitrogens with two attached hydrogens (primary N) is 1. The van der Waals surface area contributed by atoms with Crippen LogP contribution in [0.15, 0.2) is 28.0 Å². The summed E-state index contributed by atoms with van der Waals surface area (Å²) in [6, 6.07) is 0. The van der Waals surface area contributed by atoms with Crippen LogP contribution in [0.2, 0.25) is 0 Å². The first-order valence-electron chi connectivity index (χ1n) is 8.65. The smallest absolute Gasteiger partial charge is 0.219 e. The number of unbranched alkanes of at least 4 members (excludes halogenated alkanes) is 1. The van der Waals surface area contributed by atoms with Gasteiger partial charge >= 0.3 is 0 Å². The molecule has 0 aliphatic heterocycles. The molecule has 0 amide bonds. The van der Waals surface area contributed by atoms with Crippen molar-refractivity contribution in [1.29, 1.82) is 0 Å². The summed E-state index contributed by atoms with van der Waals surface area (Å²) in [4.78, 5) is 17.0. The molecule has 0 saturated carbocycles. The molecule has 1 heterocycles. The Kier molecular flexibility index (Phi) is 10.3. The number of hydrogen-bond acceptors (Lipinski definition) is 7. The molecule has 0 aromatic carbocycles. The van der Waals surface area contributed by atoms with Crippen molar-refractivity contribution in [2.24, 2.45) is 9.98 Å². The predicted octanol–water partition coefficient (Wildman–Crippen LogP) is 2.36. The number of anilines is 1. The number of allylic oxidation sites excluding steroid dienone is 1. The molecule has 7 heteroatoms. The lowest BCUT2D eigenvalue weighted by Gasteiger charge is -2.12. The molecule has 7 nitrogen and oxygen atoms in total. The van der Waals surface area contributed by atoms with E-state index in [0.717, 1.165) is 48.4 Å². The van der Waals surface area contributed by atoms with E-state index in [1.165, 1.54) is 0 Å². The van der Waals surface area contributed by atoms with Gasteiger partial charge in [-0.25, -0.2) is 9.97 Å². The number of nitrogens with zero attached hydrogens (tertiary/aromatic N) is 4. The maximum absolute atomic E-state index is 5.57. The Bertz CT molecular complexity index is 580. The lowest BCUT2D eigenvalue weighted by molar-refractivity contribution is 0.145. The fourth-order valence-electron chi connectivity index (χ4n) is 2.30. The number of hydrogen-bond donors (Lipinski definition) is 2. The van der Waals surface area contributed by atoms with E-state index >= 15 is 0 Å². The van der Waals surface area contributed by atoms with E-state index in [4.69, 9.17) is 10.5 Å². The SMILES string of the molecule is C=N/C(=C(CCCC)\C(C)=N/CCOCCNC)c1cnc(N)nc1. The molecule has 0 spiro atoms. The van der Waals surface area contributed by atoms with Gasteiger partial charge in [-0.1, -0.05) is 13.3 Å². The average Bonchev–Trinajstić information content (AvgIpc) is 2.62. The third-order valence-electron chi connectivity index (χ3n) is 3.69. The molecule has 1 rings (SSSR count). The summed E-state index contributed by atoms with van der Waals surface area (Å²) in [6.07, 6.45) is 6.37. The summed E-state index contributed by atoms with van der Waals surface area (Å²) in [6.45, 7) is 10.6. The van der Waals surface area contributed by atoms with Gasteiger partial charge in [-0.05, 0) is 39.1 Å². The monoisotopic (exact) mass is 346 g/mol. The van der Waals surface area contributed by atoms with Crippen LogP contribution in [0.3, 0.4) is 0 Å². The molecule has 3 N–H and O–H groups in total. The molecule has 0 radical (unpaired) electrons. The number of nitrogen functional groups attached to an aromatic ring is 1. The Morgan fingerprint density at radius 3 is 2.64 bits per heavy atom. The molecule has 1 aromatic rings. The number of ether oxygens (including phenoxy) is 1. The quantitative estimate of drug-likeness (QED) is 0.447. The van der Waals surface area contributed by atoms with Gasteiger partial charge in [0, 0.05) is 30.2 Å². The average molecular weight is 346 g/mol. The minimum Gasteiger partial charge on any atom is -0.378 e. The van der Waals surface area contributed by atoms with Crippen LogP contribution < -0.4 is 11.1 Å². The minimum atomic E-state index is 0.242. The van der Waals surface area contributed by atoms with Gasteiger partial charge in [-0.15, -0.1) is 0 Å². The van der Waals surface area contributed by atoms with E-state index in [-0.39, 0.29) is 5.95 Å². The molecular weight excluding hydrogens is 316 g/mol. The maximum Gasteiger partial charge on any atom is 0.219 e. The zero-order valence-corrected chi connectivity index (χ0v) is 15.6. The van der Waals surface area contributed by atoms with Crippen molar-refractivity contribution in [2.45, 2.75) is 33.1 Å². The van der Waals surface area contributed by atoms with Crippen molar-refractivity contribution in [3.8, 4) is 0 Å². The molecule has 25 heavy (non-hydrogen) atoms. The summed E-state index contributed by atoms with van der Waals surface area (Å²) in [5, 5.41) is 3.05. The number of likely N-dealkylation sites (N-methyl/N-ethyl adjacent to an activating group) is 1. The lowest BCUT2D eigenvalue weighted by atomic mass is 9.99. The molecule has 0 atom stereocenters. The van der Waals surface area contributed by atoms with E-state index in [0.29, 0.717) is 19.8 Å². The Hall–Kier alpha value is -2.12. The molecule has 0 fully saturated rings. The first kappa shape index (κ1) is 20.9. The van der Waals surface area contributed by atoms with E-state index < -0.39 is 0 Å². The molecule has 0 aliphatic carbocycles. The van der Waals surface area contributed by atoms with Crippen LogP contribution in [0.25, 0.3) is 5.70 Å². The number of aliphatic imine (C=N–C) groups is 2. The molecule has 0 bridgehead atoms. The first-order valence-corrected chi connectivity index (χ1v) is 8.65. The second kappa shape index (κ2) is 12.3. The summed E-state index contributed by atoms with van der Waals surface area (Å²) in [7, 11) is 1.90. The Balaban J connectivity index is 2.95. The molecular formula is C18H30N6O. The van der Waals surface area contributed by atoms with Crippen LogP contribution in [-0.4, -0.2) is 55.7 Å². The van der Waals surface area contributed by atoms with Crippen molar-refractivity contribution in [2.75, 3.05) is 39.1 Å². The highest BCUT2D eigenvalue weighted by molar-refractivity contribution is 6.05. The van der Waals surface area contributed by atoms with Gasteiger partial charge in [0.05, 0.1) is 25.5 Å². The van der Waals surface area contributed by atoms with Gasteiger partial charge in [0.25, 0.3) is 0 Å². The summed E-state index contributed by atoms with van der Waals surface area (Å²) in [5.41, 5.74) is 9.16. The highest BCUT2D eigenvalue weighted by Gasteiger charge is 2.12. The van der Waals surface area contributed by atoms with Gasteiger partial charge in [-0.2, -0.15) is 0 Å². The lowest BCUT2D eigenvalue weighted by Crippen LogP contribution is -2.15. The van der Waals surface area contributed by atoms with Crippen LogP contribution in [0.1, 0.15) is 38.7 Å². The molecule has 138 valence electrons. The van der Waals surface area contributed by atoms with Crippen molar-refractivity contribution < 1.29 is 4.74 Å². The molecule has 1 aromatic heterocycles. The van der Waals surface area contributed by atoms with Gasteiger partial charge in [0.2, 0.25) is 5.95 Å². The van der Waals surface area contributed by atoms with Crippen molar-refractivity contribution in [1.82, 2.24) is 15.3 Å². The van der Waals surface area contributed by atoms with Crippen LogP contribution in [0.4, 0.5) is 5.95 Å². The van der Waals surface area contributed by atoms with Crippen LogP contribution in [-0.2, 0) is 4.74 Å². The van der Waals surface area contributed by atoms with E-state index in [2.05, 4.69) is 38.9 Å². The summed E-state index contributed by atoms with van der Waals surface area (Å²) < 4.78 is 5.51. The predicted molar refractivity (Wildman–Crippen MR) is 105 cm³/mol. The molecule has 0 aliphatic rings. The summed E-state index contributed by atoms with van der Waals surface area (Å²) >= 11 is 0. The first-order chi connectivity index (χ1) is 12.1. The summed E-state index contributed by atoms with van der Waals surface area (Å²) in [5.74, 6) is 0.242. The number of aromatic nitrogens is 2. The maximum atomic E-state index is 5.57. The van der Waals surface area contributed by atoms with Gasteiger partial charge in [-0.3, -0.25) is 9.98 Å². The zero-order valence-electron chi connectivity index (χ0n) is 15.6. The van der Waals surface area contributed by atoms with Crippen molar-refractivity contribution >= 4 is 24.1 Å². The number of rotatable bonds is 12. The third-order valence-corrected chi connectivity index (χ3v) is 3.69. The second-order valence-corrected chi connectivity index (χ2v) is 5.60. The van der Waals surface area contributed by atoms with Gasteiger partial charge in [0.1, 0.15) is 0 Å². The van der Waals surface area contributed by atoms with Gasteiger partial charge in [0.15, 0.2) is 0 Å². The number of nitrogens with one attached hydrogen (secondary N) is 1. The Labute approximate surface area is 150 Å². The van der Waals surface area contributed by atoms with Gasteiger partial charge < -0.3 is 15.8 Å². The van der Waals surface area contributed by atoms with Crippen LogP contribution in [0.5, 0.6) is 0 Å². The van der Waals surface area contributed by atoms with E-state index in [1.807, 2.05) is 14.0 Å². The van der Waals surface area contributed by atoms with Crippen LogP contribution >= 0.6 is 0 Å². The highest BCUT2D eigenvalue weighted by Crippen LogP contribution is 2.24. The standard InChI is InChI=1S/C18H30N6O/c1-5-6-7-16(14(2)22-9-11-25-10-8-20-3)17(21-4)15-12-23-18(19)24-13-15/h12-13,20H,4-11H2,1-3H3,(H2,19,23,24)/b17-16-,22-14-. The van der Waals surface area contributed by atoms with E-state index in [9.17, 15) is 0 Å². The second-order valence-electron chi connectivity index (χ2n) is 5.60. The molecule has 0 unspecified atom stereocenters. The van der Waals surface area contributed by atoms with Crippen molar-refractivity contribution in [3.63, 3.8) is 0 Å². The van der Waals surface area contributed by atoms with Crippen molar-refractivity contribution in [3.05, 3.63) is 23.5 Å². The Morgan fingerprint density at radius 2 is 2.04 bits per heavy atom. The Morgan fingerprint density at radius 1 is 1.32 bits per heavy atom. The topological polar surface area (TPSA) is 97.8 Å². The zero-order chi connectivity index (χ0) is 18.5. The minimum absolute atomic E-state index is 0.242. The fraction of sp³-hybridized carbons (Fsp3) is 0.556. The largest absolute Gasteiger partial charge is 0.378 e. The van der Waals surface area contributed by atoms with Crippen LogP contribution in [0, 0.1) is 0 Å². The van der Waals surface area contributed by atoms with E-state index in [1.54, 1.807) is 12.4 Å².